The Bertz CT molecular complexity index is 4810. The van der Waals surface area contributed by atoms with E-state index in [0.29, 0.717) is 133 Å². The summed E-state index contributed by atoms with van der Waals surface area (Å²) < 4.78 is 1.99. The van der Waals surface area contributed by atoms with Crippen LogP contribution in [-0.2, 0) is 52.9 Å². The average molecular weight is 1700 g/mol. The van der Waals surface area contributed by atoms with E-state index < -0.39 is 18.0 Å². The molecular weight excluding hydrogens is 1550 g/mol. The van der Waals surface area contributed by atoms with Crippen LogP contribution in [0.2, 0.25) is 5.02 Å². The first-order chi connectivity index (χ1) is 58.1. The fourth-order valence-corrected chi connectivity index (χ4v) is 25.5. The summed E-state index contributed by atoms with van der Waals surface area (Å²) in [6.45, 7) is 29.7. The van der Waals surface area contributed by atoms with E-state index in [-0.39, 0.29) is 74.8 Å². The molecule has 4 N–H and O–H groups in total. The molecular formula is C105H144ClN7O10. The minimum absolute atomic E-state index is 0.00943. The van der Waals surface area contributed by atoms with E-state index in [1.165, 1.54) is 34.2 Å². The molecule has 7 fully saturated rings. The van der Waals surface area contributed by atoms with Crippen LogP contribution in [0, 0.1) is 80.8 Å². The molecule has 18 heteroatoms. The van der Waals surface area contributed by atoms with Crippen LogP contribution in [-0.4, -0.2) is 154 Å². The molecule has 5 saturated carbocycles. The van der Waals surface area contributed by atoms with Crippen LogP contribution < -0.4 is 10.6 Å². The highest BCUT2D eigenvalue weighted by Gasteiger charge is 2.64. The van der Waals surface area contributed by atoms with Crippen molar-refractivity contribution in [2.24, 2.45) is 80.8 Å². The lowest BCUT2D eigenvalue weighted by molar-refractivity contribution is -0.160. The Morgan fingerprint density at radius 1 is 0.691 bits per heavy atom. The third-order valence-electron chi connectivity index (χ3n) is 31.3. The molecule has 15 rings (SSSR count). The first-order valence-corrected chi connectivity index (χ1v) is 46.8. The van der Waals surface area contributed by atoms with Crippen molar-refractivity contribution in [3.8, 4) is 0 Å². The Morgan fingerprint density at radius 3 is 2.04 bits per heavy atom. The number of anilines is 1. The van der Waals surface area contributed by atoms with E-state index in [0.717, 1.165) is 143 Å². The molecule has 17 atom stereocenters. The molecule has 5 aromatic rings. The van der Waals surface area contributed by atoms with Gasteiger partial charge in [0.05, 0.1) is 12.6 Å². The quantitative estimate of drug-likeness (QED) is 0.0257. The van der Waals surface area contributed by atoms with Gasteiger partial charge in [-0.25, -0.2) is 4.79 Å². The molecule has 4 aromatic carbocycles. The maximum Gasteiger partial charge on any atom is 0.331 e. The van der Waals surface area contributed by atoms with Gasteiger partial charge in [0.2, 0.25) is 17.7 Å². The molecule has 2 aliphatic heterocycles. The Morgan fingerprint density at radius 2 is 1.37 bits per heavy atom. The number of hydrogen-bond donors (Lipinski definition) is 4. The molecule has 10 aliphatic rings. The van der Waals surface area contributed by atoms with Gasteiger partial charge in [-0.15, -0.1) is 0 Å². The normalized spacial score (nSPS) is 29.1. The van der Waals surface area contributed by atoms with Gasteiger partial charge in [-0.3, -0.25) is 38.5 Å². The van der Waals surface area contributed by atoms with Crippen molar-refractivity contribution in [2.75, 3.05) is 54.1 Å². The number of carbonyl (C=O) groups excluding carboxylic acids is 6. The highest BCUT2D eigenvalue weighted by molar-refractivity contribution is 6.30. The monoisotopic (exact) mass is 1700 g/mol. The van der Waals surface area contributed by atoms with Crippen molar-refractivity contribution in [1.82, 2.24) is 29.5 Å². The zero-order valence-electron chi connectivity index (χ0n) is 77.1. The van der Waals surface area contributed by atoms with E-state index in [1.54, 1.807) is 0 Å². The number of piperidine rings is 2. The molecule has 2 saturated heterocycles. The molecule has 3 amide bonds. The largest absolute Gasteiger partial charge is 0.481 e. The van der Waals surface area contributed by atoms with Crippen molar-refractivity contribution in [3.63, 3.8) is 0 Å². The van der Waals surface area contributed by atoms with Crippen LogP contribution in [0.15, 0.2) is 145 Å². The van der Waals surface area contributed by atoms with Gasteiger partial charge in [0.1, 0.15) is 6.04 Å². The number of halogens is 1. The molecule has 0 spiro atoms. The molecule has 1 aromatic heterocycles. The summed E-state index contributed by atoms with van der Waals surface area (Å²) in [5.74, 6) is 4.79. The second kappa shape index (κ2) is 38.9. The number of carboxylic acid groups (broad SMARTS) is 2. The van der Waals surface area contributed by atoms with Gasteiger partial charge in [-0.05, 0) is 317 Å². The summed E-state index contributed by atoms with van der Waals surface area (Å²) in [4.78, 5) is 108. The fraction of sp³-hybridized carbons (Fsp3) is 0.600. The summed E-state index contributed by atoms with van der Waals surface area (Å²) >= 11 is 6.04. The molecule has 123 heavy (non-hydrogen) atoms. The highest BCUT2D eigenvalue weighted by atomic mass is 35.5. The molecule has 0 bridgehead atoms. The van der Waals surface area contributed by atoms with Crippen molar-refractivity contribution < 1.29 is 48.6 Å². The van der Waals surface area contributed by atoms with Gasteiger partial charge in [-0.2, -0.15) is 0 Å². The molecule has 0 radical (unpaired) electrons. The molecule has 17 nitrogen and oxygen atoms in total. The van der Waals surface area contributed by atoms with Gasteiger partial charge < -0.3 is 40.1 Å². The lowest BCUT2D eigenvalue weighted by atomic mass is 9.46. The minimum atomic E-state index is -0.817. The first-order valence-electron chi connectivity index (χ1n) is 46.4. The Balaban J connectivity index is 0.000000156. The third-order valence-corrected chi connectivity index (χ3v) is 31.5. The number of Topliss-reactive ketones (excluding diaryl/α,β-unsaturated/α-hetero) is 2. The molecule has 666 valence electrons. The number of benzene rings is 4. The Labute approximate surface area is 739 Å². The number of aliphatic carboxylic acids is 2. The number of allylic oxidation sites excluding steroid dienone is 5. The summed E-state index contributed by atoms with van der Waals surface area (Å²) in [5.41, 5.74) is 11.5. The van der Waals surface area contributed by atoms with Crippen LogP contribution in [0.4, 0.5) is 5.69 Å². The summed E-state index contributed by atoms with van der Waals surface area (Å²) in [5, 5.41) is 27.2. The van der Waals surface area contributed by atoms with Gasteiger partial charge >= 0.3 is 11.9 Å². The SMILES string of the molecule is C=C(/C=C\CC(Nc1cccc(C(=O)c2cn(CCCC(=O)O)c3ccccc23)c1)c1ccc(CC(C)C)cc1)CC(C)C.CC(C)(C)NC(=O)C1CCC2C3CC=C4C=C(C(=O)O)CC[C@]4(C)C3CC[C@]12C.CN(C)CC(=O)C(C(=O)C1CCC2C3CCC4N(C)C(=O)CC[C@]4(C)C3CC[C@]12C)N(C)C.CN1C(=O)CC[C@@H]2c3ccc(Cl)cc3CC[C@H]21. The van der Waals surface area contributed by atoms with E-state index in [1.807, 2.05) is 133 Å². The number of hydrogen-bond acceptors (Lipinski definition) is 11. The summed E-state index contributed by atoms with van der Waals surface area (Å²) in [6, 6.07) is 30.7. The zero-order chi connectivity index (χ0) is 89.1. The number of nitrogens with one attached hydrogen (secondary N) is 2. The van der Waals surface area contributed by atoms with Gasteiger partial charge in [0.15, 0.2) is 17.3 Å². The zero-order valence-corrected chi connectivity index (χ0v) is 77.8. The average Bonchev–Trinajstić information content (AvgIpc) is 1.65. The highest BCUT2D eigenvalue weighted by Crippen LogP contribution is 2.68. The number of ketones is 3. The van der Waals surface area contributed by atoms with Crippen molar-refractivity contribution in [3.05, 3.63) is 183 Å². The van der Waals surface area contributed by atoms with Gasteiger partial charge in [0, 0.05) is 120 Å². The second-order valence-electron chi connectivity index (χ2n) is 41.9. The standard InChI is InChI=1S/C39H46N2O3.C27H45N3O3.C25H37NO3.C14H16ClNO/c1-27(2)23-29(5)11-8-15-36(31-20-18-30(19-21-31)24-28(3)4)40-33-13-9-12-32(25-33)39(44)35-26-41(22-10-17-38(42)43)37-16-7-6-14-34(35)37;1-26-14-12-19-17(8-11-22-27(19,2)15-13-23(32)30(22)7)18(26)9-10-20(26)25(33)24(29(5)6)21(31)16-28(3)4;1-23(2,3)26-21(27)20-9-8-18-17-7-6-16-14-15(22(28)29)10-12-24(16,4)19(17)11-13-25(18,20)5;1-16-13-6-2-9-8-10(15)3-4-11(9)12(13)5-7-14(16)17/h6-9,11-14,16,18-21,25-28,36,40H,5,10,15,17,22-24H2,1-4H3,(H,42,43);17-20,22,24H,8-16H2,1-7H3;6,14,17-20H,7-13H2,1-5H3,(H,26,27)(H,28,29);3-4,8,12-13H,2,5-7H2,1H3/b11-8-;;;/t;17?,18?,19?,20?,22?,24?,26-,27+;17?,18?,19?,20?,24-,25-;12-,13-/m.001/s1. The van der Waals surface area contributed by atoms with Crippen molar-refractivity contribution in [2.45, 2.75) is 272 Å². The van der Waals surface area contributed by atoms with E-state index in [2.05, 4.69) is 148 Å². The second-order valence-corrected chi connectivity index (χ2v) is 42.3. The third kappa shape index (κ3) is 20.6. The first kappa shape index (κ1) is 93.9. The van der Waals surface area contributed by atoms with Crippen LogP contribution >= 0.6 is 11.6 Å². The number of para-hydroxylation sites is 1. The van der Waals surface area contributed by atoms with E-state index >= 15 is 0 Å². The van der Waals surface area contributed by atoms with Crippen molar-refractivity contribution >= 4 is 75.2 Å². The van der Waals surface area contributed by atoms with Crippen LogP contribution in [0.25, 0.3) is 10.9 Å². The van der Waals surface area contributed by atoms with Crippen LogP contribution in [0.3, 0.4) is 0 Å². The Hall–Kier alpha value is -8.25. The summed E-state index contributed by atoms with van der Waals surface area (Å²) in [6.07, 6.45) is 32.9. The van der Waals surface area contributed by atoms with Gasteiger partial charge in [0.25, 0.3) is 0 Å². The number of aryl methyl sites for hydroxylation is 2. The number of fused-ring (bicyclic) bond motifs is 14. The number of aromatic nitrogens is 1. The Kier molecular flexibility index (Phi) is 29.7. The van der Waals surface area contributed by atoms with Crippen LogP contribution in [0.1, 0.15) is 268 Å². The number of likely N-dealkylation sites (N-methyl/N-ethyl adjacent to an activating group) is 3. The minimum Gasteiger partial charge on any atom is -0.481 e. The van der Waals surface area contributed by atoms with Crippen molar-refractivity contribution in [1.29, 1.82) is 0 Å². The number of likely N-dealkylation sites (tertiary alicyclic amines) is 2. The molecule has 8 aliphatic carbocycles. The van der Waals surface area contributed by atoms with Crippen LogP contribution in [0.5, 0.6) is 0 Å². The lowest BCUT2D eigenvalue weighted by Gasteiger charge is -2.61. The molecule has 3 heterocycles. The number of amides is 3. The maximum atomic E-state index is 13.9. The van der Waals surface area contributed by atoms with E-state index in [4.69, 9.17) is 16.7 Å². The number of rotatable bonds is 24. The number of nitrogens with zero attached hydrogens (tertiary/aromatic N) is 5. The predicted molar refractivity (Wildman–Crippen MR) is 495 cm³/mol. The predicted octanol–water partition coefficient (Wildman–Crippen LogP) is 20.8. The fourth-order valence-electron chi connectivity index (χ4n) is 25.3. The maximum absolute atomic E-state index is 13.9. The number of carbonyl (C=O) groups is 8. The molecule has 11 unspecified atom stereocenters. The lowest BCUT2D eigenvalue weighted by Crippen LogP contribution is -2.61. The number of carboxylic acids is 2. The topological polar surface area (TPSA) is 219 Å². The van der Waals surface area contributed by atoms with E-state index in [9.17, 15) is 43.5 Å². The smallest absolute Gasteiger partial charge is 0.331 e. The summed E-state index contributed by atoms with van der Waals surface area (Å²) in [7, 11) is 11.5. The van der Waals surface area contributed by atoms with Gasteiger partial charge in [-0.1, -0.05) is 158 Å².